The van der Waals surface area contributed by atoms with Gasteiger partial charge in [0.05, 0.1) is 5.57 Å². The Morgan fingerprint density at radius 1 is 0.750 bits per heavy atom. The molecule has 1 aliphatic rings. The highest BCUT2D eigenvalue weighted by Crippen LogP contribution is 2.29. The van der Waals surface area contributed by atoms with Gasteiger partial charge in [0.2, 0.25) is 16.3 Å². The first-order valence-corrected chi connectivity index (χ1v) is 7.67. The van der Waals surface area contributed by atoms with Gasteiger partial charge in [0.1, 0.15) is 0 Å². The van der Waals surface area contributed by atoms with Crippen LogP contribution in [0.25, 0.3) is 5.57 Å². The Balaban J connectivity index is 2.17. The second-order valence-corrected chi connectivity index (χ2v) is 6.03. The molecule has 0 aromatic heterocycles. The first kappa shape index (κ1) is 13.0. The molecule has 0 bridgehead atoms. The SMILES string of the molecule is Cc1ccc(C(=C2C=CC=[S+]2)c2ccc(C)cc2)cc1. The molecule has 3 rings (SSSR count). The summed E-state index contributed by atoms with van der Waals surface area (Å²) in [6.07, 6.45) is 4.31. The van der Waals surface area contributed by atoms with Crippen LogP contribution in [-0.2, 0) is 11.4 Å². The minimum absolute atomic E-state index is 1.28. The van der Waals surface area contributed by atoms with E-state index in [1.807, 2.05) is 0 Å². The second-order valence-electron chi connectivity index (χ2n) is 5.08. The van der Waals surface area contributed by atoms with E-state index in [-0.39, 0.29) is 0 Å². The fourth-order valence-electron chi connectivity index (χ4n) is 2.31. The van der Waals surface area contributed by atoms with Crippen molar-refractivity contribution in [3.63, 3.8) is 0 Å². The molecule has 0 amide bonds. The largest absolute Gasteiger partial charge is 0.239 e. The van der Waals surface area contributed by atoms with E-state index in [9.17, 15) is 0 Å². The molecule has 2 aromatic carbocycles. The highest BCUT2D eigenvalue weighted by molar-refractivity contribution is 7.82. The van der Waals surface area contributed by atoms with E-state index in [2.05, 4.69) is 79.9 Å². The molecule has 0 N–H and O–H groups in total. The minimum Gasteiger partial charge on any atom is -0.0587 e. The highest BCUT2D eigenvalue weighted by atomic mass is 32.1. The molecular formula is C19H17S+. The number of benzene rings is 2. The lowest BCUT2D eigenvalue weighted by Gasteiger charge is -2.08. The summed E-state index contributed by atoms with van der Waals surface area (Å²) in [5.74, 6) is 0. The molecule has 0 saturated carbocycles. The summed E-state index contributed by atoms with van der Waals surface area (Å²) in [6, 6.07) is 17.6. The van der Waals surface area contributed by atoms with Crippen molar-refractivity contribution in [2.45, 2.75) is 13.8 Å². The van der Waals surface area contributed by atoms with Crippen LogP contribution >= 0.6 is 0 Å². The van der Waals surface area contributed by atoms with Gasteiger partial charge in [-0.25, -0.2) is 0 Å². The topological polar surface area (TPSA) is 0 Å². The summed E-state index contributed by atoms with van der Waals surface area (Å²) >= 11 is 1.79. The van der Waals surface area contributed by atoms with E-state index < -0.39 is 0 Å². The van der Waals surface area contributed by atoms with Crippen LogP contribution in [0.15, 0.2) is 65.6 Å². The molecule has 0 atom stereocenters. The van der Waals surface area contributed by atoms with E-state index in [4.69, 9.17) is 0 Å². The molecule has 0 unspecified atom stereocenters. The third-order valence-corrected chi connectivity index (χ3v) is 4.34. The van der Waals surface area contributed by atoms with Gasteiger partial charge in [0.25, 0.3) is 0 Å². The molecule has 1 heterocycles. The molecule has 98 valence electrons. The molecule has 0 radical (unpaired) electrons. The van der Waals surface area contributed by atoms with Crippen LogP contribution < -0.4 is 0 Å². The lowest BCUT2D eigenvalue weighted by Crippen LogP contribution is -1.92. The van der Waals surface area contributed by atoms with Crippen molar-refractivity contribution in [3.05, 3.63) is 87.8 Å². The lowest BCUT2D eigenvalue weighted by molar-refractivity contribution is 1.42. The van der Waals surface area contributed by atoms with Crippen molar-refractivity contribution in [2.75, 3.05) is 0 Å². The minimum atomic E-state index is 1.28. The third-order valence-electron chi connectivity index (χ3n) is 3.45. The summed E-state index contributed by atoms with van der Waals surface area (Å²) in [7, 11) is 0. The predicted octanol–water partition coefficient (Wildman–Crippen LogP) is 4.52. The van der Waals surface area contributed by atoms with E-state index in [1.54, 1.807) is 11.4 Å². The molecule has 2 aromatic rings. The molecule has 1 aliphatic heterocycles. The summed E-state index contributed by atoms with van der Waals surface area (Å²) in [4.78, 5) is 1.32. The summed E-state index contributed by atoms with van der Waals surface area (Å²) < 4.78 is 0. The van der Waals surface area contributed by atoms with Crippen LogP contribution in [0, 0.1) is 13.8 Å². The highest BCUT2D eigenvalue weighted by Gasteiger charge is 2.19. The van der Waals surface area contributed by atoms with Gasteiger partial charge in [-0.3, -0.25) is 0 Å². The Morgan fingerprint density at radius 3 is 1.65 bits per heavy atom. The van der Waals surface area contributed by atoms with E-state index in [1.165, 1.54) is 32.7 Å². The Bertz CT molecular complexity index is 637. The van der Waals surface area contributed by atoms with Crippen molar-refractivity contribution in [2.24, 2.45) is 0 Å². The van der Waals surface area contributed by atoms with Crippen molar-refractivity contribution in [1.82, 2.24) is 0 Å². The number of allylic oxidation sites excluding steroid dienone is 2. The van der Waals surface area contributed by atoms with E-state index >= 15 is 0 Å². The number of aryl methyl sites for hydroxylation is 2. The monoisotopic (exact) mass is 277 g/mol. The van der Waals surface area contributed by atoms with Crippen molar-refractivity contribution >= 4 is 22.3 Å². The van der Waals surface area contributed by atoms with Gasteiger partial charge in [0, 0.05) is 12.2 Å². The zero-order valence-electron chi connectivity index (χ0n) is 11.8. The average Bonchev–Trinajstić information content (AvgIpc) is 2.97. The van der Waals surface area contributed by atoms with Gasteiger partial charge in [0.15, 0.2) is 5.37 Å². The van der Waals surface area contributed by atoms with Gasteiger partial charge in [-0.1, -0.05) is 59.7 Å². The smallest absolute Gasteiger partial charge is 0.0587 e. The average molecular weight is 277 g/mol. The first-order valence-electron chi connectivity index (χ1n) is 6.79. The van der Waals surface area contributed by atoms with Crippen LogP contribution in [0.3, 0.4) is 0 Å². The van der Waals surface area contributed by atoms with Gasteiger partial charge in [-0.2, -0.15) is 0 Å². The maximum atomic E-state index is 2.21. The summed E-state index contributed by atoms with van der Waals surface area (Å²) in [6.45, 7) is 4.25. The number of hydrogen-bond donors (Lipinski definition) is 0. The molecule has 0 saturated heterocycles. The van der Waals surface area contributed by atoms with Crippen LogP contribution in [0.2, 0.25) is 0 Å². The van der Waals surface area contributed by atoms with Gasteiger partial charge < -0.3 is 0 Å². The Morgan fingerprint density at radius 2 is 1.25 bits per heavy atom. The van der Waals surface area contributed by atoms with Gasteiger partial charge in [-0.15, -0.1) is 0 Å². The summed E-state index contributed by atoms with van der Waals surface area (Å²) in [5, 5.41) is 2.14. The molecule has 20 heavy (non-hydrogen) atoms. The molecule has 0 spiro atoms. The number of hydrogen-bond acceptors (Lipinski definition) is 0. The molecule has 0 aliphatic carbocycles. The third kappa shape index (κ3) is 2.63. The quantitative estimate of drug-likeness (QED) is 0.559. The fourth-order valence-corrected chi connectivity index (χ4v) is 3.13. The second kappa shape index (κ2) is 5.56. The fraction of sp³-hybridized carbons (Fsp3) is 0.105. The van der Waals surface area contributed by atoms with Crippen molar-refractivity contribution < 1.29 is 0 Å². The molecular weight excluding hydrogens is 260 g/mol. The Hall–Kier alpha value is -1.99. The maximum Gasteiger partial charge on any atom is 0.239 e. The zero-order chi connectivity index (χ0) is 13.9. The summed E-state index contributed by atoms with van der Waals surface area (Å²) in [5.41, 5.74) is 6.47. The standard InChI is InChI=1S/C19H17S/c1-14-5-9-16(10-6-14)19(18-4-3-13-20-18)17-11-7-15(2)8-12-17/h3-13H,1-2H3/q+1. The molecule has 0 nitrogen and oxygen atoms in total. The number of rotatable bonds is 2. The van der Waals surface area contributed by atoms with E-state index in [0.717, 1.165) is 0 Å². The zero-order valence-corrected chi connectivity index (χ0v) is 12.6. The molecule has 1 heteroatoms. The van der Waals surface area contributed by atoms with Crippen LogP contribution in [0.4, 0.5) is 0 Å². The predicted molar refractivity (Wildman–Crippen MR) is 90.9 cm³/mol. The lowest BCUT2D eigenvalue weighted by atomic mass is 9.96. The van der Waals surface area contributed by atoms with Crippen LogP contribution in [0.5, 0.6) is 0 Å². The van der Waals surface area contributed by atoms with E-state index in [0.29, 0.717) is 0 Å². The normalized spacial score (nSPS) is 13.0. The van der Waals surface area contributed by atoms with Gasteiger partial charge in [-0.05, 0) is 25.0 Å². The van der Waals surface area contributed by atoms with Crippen LogP contribution in [-0.4, -0.2) is 5.37 Å². The van der Waals surface area contributed by atoms with Crippen molar-refractivity contribution in [1.29, 1.82) is 0 Å². The maximum absolute atomic E-state index is 2.21. The Kier molecular flexibility index (Phi) is 3.62. The molecule has 0 fully saturated rings. The van der Waals surface area contributed by atoms with Crippen molar-refractivity contribution in [3.8, 4) is 0 Å². The van der Waals surface area contributed by atoms with Crippen LogP contribution in [0.1, 0.15) is 22.3 Å². The first-order chi connectivity index (χ1) is 9.74. The van der Waals surface area contributed by atoms with Gasteiger partial charge >= 0.3 is 0 Å². The Labute approximate surface area is 124 Å².